The lowest BCUT2D eigenvalue weighted by Crippen LogP contribution is -2.33. The summed E-state index contributed by atoms with van der Waals surface area (Å²) in [6.07, 6.45) is 13.9. The van der Waals surface area contributed by atoms with Crippen molar-refractivity contribution < 1.29 is 19.8 Å². The molecular formula is C24H46O4. The van der Waals surface area contributed by atoms with E-state index in [0.717, 1.165) is 50.4 Å². The molecule has 0 rings (SSSR count). The first-order chi connectivity index (χ1) is 13.2. The lowest BCUT2D eigenvalue weighted by atomic mass is 9.75. The van der Waals surface area contributed by atoms with Crippen LogP contribution in [0.2, 0.25) is 0 Å². The number of unbranched alkanes of at least 4 members (excludes halogenated alkanes) is 8. The summed E-state index contributed by atoms with van der Waals surface area (Å²) in [6.45, 7) is 8.93. The topological polar surface area (TPSA) is 74.6 Å². The molecule has 2 N–H and O–H groups in total. The molecule has 4 nitrogen and oxygen atoms in total. The van der Waals surface area contributed by atoms with Crippen LogP contribution in [0.5, 0.6) is 0 Å². The molecule has 0 aliphatic rings. The smallest absolute Gasteiger partial charge is 0.310 e. The van der Waals surface area contributed by atoms with Crippen LogP contribution in [0.15, 0.2) is 0 Å². The molecule has 0 aromatic heterocycles. The van der Waals surface area contributed by atoms with E-state index in [2.05, 4.69) is 27.7 Å². The average molecular weight is 399 g/mol. The van der Waals surface area contributed by atoms with Gasteiger partial charge in [-0.1, -0.05) is 105 Å². The van der Waals surface area contributed by atoms with E-state index in [1.807, 2.05) is 0 Å². The van der Waals surface area contributed by atoms with E-state index in [0.29, 0.717) is 12.8 Å². The first-order valence-electron chi connectivity index (χ1n) is 11.6. The molecule has 0 atom stereocenters. The molecule has 0 spiro atoms. The monoisotopic (exact) mass is 398 g/mol. The molecule has 0 amide bonds. The summed E-state index contributed by atoms with van der Waals surface area (Å²) in [5.74, 6) is -0.438. The van der Waals surface area contributed by atoms with Crippen molar-refractivity contribution in [2.45, 2.75) is 124 Å². The van der Waals surface area contributed by atoms with Crippen LogP contribution in [0.3, 0.4) is 0 Å². The number of carboxylic acid groups (broad SMARTS) is 2. The number of aliphatic carboxylic acids is 2. The highest BCUT2D eigenvalue weighted by atomic mass is 16.4. The Morgan fingerprint density at radius 3 is 1.32 bits per heavy atom. The Kier molecular flexibility index (Phi) is 15.2. The molecule has 0 aromatic rings. The maximum absolute atomic E-state index is 12.0. The zero-order valence-electron chi connectivity index (χ0n) is 19.0. The van der Waals surface area contributed by atoms with E-state index >= 15 is 0 Å². The van der Waals surface area contributed by atoms with Gasteiger partial charge in [0.1, 0.15) is 0 Å². The summed E-state index contributed by atoms with van der Waals surface area (Å²) in [6, 6.07) is 0. The Morgan fingerprint density at radius 1 is 0.643 bits per heavy atom. The van der Waals surface area contributed by atoms with Crippen LogP contribution in [0.25, 0.3) is 0 Å². The third kappa shape index (κ3) is 14.0. The molecule has 0 saturated carbocycles. The van der Waals surface area contributed by atoms with Crippen LogP contribution in [0, 0.1) is 17.3 Å². The maximum atomic E-state index is 12.0. The van der Waals surface area contributed by atoms with Crippen LogP contribution in [0.1, 0.15) is 124 Å². The number of carbonyl (C=O) groups is 2. The Bertz CT molecular complexity index is 393. The third-order valence-corrected chi connectivity index (χ3v) is 5.82. The highest BCUT2D eigenvalue weighted by Gasteiger charge is 2.39. The zero-order valence-corrected chi connectivity index (χ0v) is 19.0. The van der Waals surface area contributed by atoms with Crippen molar-refractivity contribution in [1.29, 1.82) is 0 Å². The Balaban J connectivity index is 4.32. The quantitative estimate of drug-likeness (QED) is 0.224. The van der Waals surface area contributed by atoms with E-state index in [4.69, 9.17) is 0 Å². The molecule has 0 fully saturated rings. The lowest BCUT2D eigenvalue weighted by molar-refractivity contribution is -0.157. The zero-order chi connectivity index (χ0) is 21.4. The molecule has 0 bridgehead atoms. The fraction of sp³-hybridized carbons (Fsp3) is 0.917. The number of hydrogen-bond donors (Lipinski definition) is 2. The Morgan fingerprint density at radius 2 is 1.00 bits per heavy atom. The predicted molar refractivity (Wildman–Crippen MR) is 117 cm³/mol. The summed E-state index contributed by atoms with van der Waals surface area (Å²) in [4.78, 5) is 23.3. The summed E-state index contributed by atoms with van der Waals surface area (Å²) in [7, 11) is 0. The second-order valence-electron chi connectivity index (χ2n) is 9.56. The fourth-order valence-electron chi connectivity index (χ4n) is 3.97. The minimum absolute atomic E-state index is 0.247. The predicted octanol–water partition coefficient (Wildman–Crippen LogP) is 7.31. The largest absolute Gasteiger partial charge is 0.481 e. The van der Waals surface area contributed by atoms with Crippen LogP contribution in [-0.2, 0) is 9.59 Å². The molecule has 0 radical (unpaired) electrons. The second kappa shape index (κ2) is 15.8. The SMILES string of the molecule is CC(C)CCCCCCCC(CCCCCCCC(C)C)(CC(=O)O)C(=O)O. The van der Waals surface area contributed by atoms with Gasteiger partial charge in [-0.15, -0.1) is 0 Å². The molecule has 166 valence electrons. The van der Waals surface area contributed by atoms with Gasteiger partial charge < -0.3 is 10.2 Å². The Hall–Kier alpha value is -1.06. The van der Waals surface area contributed by atoms with Crippen LogP contribution in [-0.4, -0.2) is 22.2 Å². The van der Waals surface area contributed by atoms with Crippen molar-refractivity contribution in [3.05, 3.63) is 0 Å². The fourth-order valence-corrected chi connectivity index (χ4v) is 3.97. The van der Waals surface area contributed by atoms with Crippen LogP contribution in [0.4, 0.5) is 0 Å². The Labute approximate surface area is 173 Å². The molecule has 0 aliphatic carbocycles. The molecule has 0 aliphatic heterocycles. The van der Waals surface area contributed by atoms with Crippen molar-refractivity contribution in [3.8, 4) is 0 Å². The van der Waals surface area contributed by atoms with Crippen molar-refractivity contribution in [2.75, 3.05) is 0 Å². The van der Waals surface area contributed by atoms with Gasteiger partial charge in [-0.05, 0) is 24.7 Å². The minimum Gasteiger partial charge on any atom is -0.481 e. The van der Waals surface area contributed by atoms with Gasteiger partial charge in [0.05, 0.1) is 11.8 Å². The lowest BCUT2D eigenvalue weighted by Gasteiger charge is -2.28. The van der Waals surface area contributed by atoms with Gasteiger partial charge in [0, 0.05) is 0 Å². The van der Waals surface area contributed by atoms with E-state index in [1.165, 1.54) is 38.5 Å². The maximum Gasteiger partial charge on any atom is 0.310 e. The van der Waals surface area contributed by atoms with Crippen molar-refractivity contribution in [1.82, 2.24) is 0 Å². The summed E-state index contributed by atoms with van der Waals surface area (Å²) < 4.78 is 0. The molecule has 0 aromatic carbocycles. The standard InChI is InChI=1S/C24H46O4/c1-20(2)15-11-7-5-9-13-17-24(23(27)28,19-22(25)26)18-14-10-6-8-12-16-21(3)4/h20-21H,5-19H2,1-4H3,(H,25,26)(H,27,28). The van der Waals surface area contributed by atoms with Gasteiger partial charge in [0.25, 0.3) is 0 Å². The highest BCUT2D eigenvalue weighted by molar-refractivity contribution is 5.81. The van der Waals surface area contributed by atoms with Crippen LogP contribution < -0.4 is 0 Å². The van der Waals surface area contributed by atoms with Crippen LogP contribution >= 0.6 is 0 Å². The molecule has 28 heavy (non-hydrogen) atoms. The number of hydrogen-bond acceptors (Lipinski definition) is 2. The first kappa shape index (κ1) is 26.9. The number of carboxylic acids is 2. The number of rotatable bonds is 19. The summed E-state index contributed by atoms with van der Waals surface area (Å²) in [5, 5.41) is 19.1. The van der Waals surface area contributed by atoms with Crippen molar-refractivity contribution in [3.63, 3.8) is 0 Å². The second-order valence-corrected chi connectivity index (χ2v) is 9.56. The van der Waals surface area contributed by atoms with Gasteiger partial charge in [-0.3, -0.25) is 9.59 Å². The summed E-state index contributed by atoms with van der Waals surface area (Å²) >= 11 is 0. The third-order valence-electron chi connectivity index (χ3n) is 5.82. The molecule has 0 saturated heterocycles. The average Bonchev–Trinajstić information content (AvgIpc) is 2.58. The molecular weight excluding hydrogens is 352 g/mol. The van der Waals surface area contributed by atoms with Gasteiger partial charge in [-0.2, -0.15) is 0 Å². The van der Waals surface area contributed by atoms with E-state index in [9.17, 15) is 19.8 Å². The van der Waals surface area contributed by atoms with Crippen molar-refractivity contribution >= 4 is 11.9 Å². The molecule has 0 heterocycles. The van der Waals surface area contributed by atoms with Gasteiger partial charge in [-0.25, -0.2) is 0 Å². The highest BCUT2D eigenvalue weighted by Crippen LogP contribution is 2.36. The first-order valence-corrected chi connectivity index (χ1v) is 11.6. The van der Waals surface area contributed by atoms with Gasteiger partial charge >= 0.3 is 11.9 Å². The van der Waals surface area contributed by atoms with E-state index in [1.54, 1.807) is 0 Å². The summed E-state index contributed by atoms with van der Waals surface area (Å²) in [5.41, 5.74) is -1.08. The van der Waals surface area contributed by atoms with Gasteiger partial charge in [0.15, 0.2) is 0 Å². The van der Waals surface area contributed by atoms with Crippen molar-refractivity contribution in [2.24, 2.45) is 17.3 Å². The van der Waals surface area contributed by atoms with Gasteiger partial charge in [0.2, 0.25) is 0 Å². The molecule has 0 unspecified atom stereocenters. The normalized spacial score (nSPS) is 12.1. The van der Waals surface area contributed by atoms with E-state index < -0.39 is 17.4 Å². The minimum atomic E-state index is -1.08. The van der Waals surface area contributed by atoms with E-state index in [-0.39, 0.29) is 6.42 Å². The molecule has 4 heteroatoms.